The SMILES string of the molecule is CC1NNC(C)C1CNC(=O)CCCn1cc(-c2ccc(Cl)cc2)cn1. The third kappa shape index (κ3) is 4.84. The monoisotopic (exact) mass is 375 g/mol. The van der Waals surface area contributed by atoms with Crippen molar-refractivity contribution >= 4 is 17.5 Å². The van der Waals surface area contributed by atoms with Crippen LogP contribution in [0.2, 0.25) is 5.02 Å². The van der Waals surface area contributed by atoms with E-state index in [-0.39, 0.29) is 5.91 Å². The molecule has 3 N–H and O–H groups in total. The van der Waals surface area contributed by atoms with Crippen LogP contribution in [0.25, 0.3) is 11.1 Å². The molecule has 2 atom stereocenters. The lowest BCUT2D eigenvalue weighted by molar-refractivity contribution is -0.121. The molecule has 0 spiro atoms. The Hall–Kier alpha value is -1.89. The van der Waals surface area contributed by atoms with E-state index in [2.05, 4.69) is 35.1 Å². The molecule has 3 rings (SSSR count). The van der Waals surface area contributed by atoms with Crippen molar-refractivity contribution in [2.45, 2.75) is 45.3 Å². The molecule has 1 amide bonds. The van der Waals surface area contributed by atoms with Gasteiger partial charge < -0.3 is 5.32 Å². The Morgan fingerprint density at radius 2 is 1.88 bits per heavy atom. The van der Waals surface area contributed by atoms with Gasteiger partial charge in [0.05, 0.1) is 6.20 Å². The number of carbonyl (C=O) groups excluding carboxylic acids is 1. The lowest BCUT2D eigenvalue weighted by atomic mass is 9.97. The number of halogens is 1. The van der Waals surface area contributed by atoms with Gasteiger partial charge in [-0.05, 0) is 38.0 Å². The average Bonchev–Trinajstić information content (AvgIpc) is 3.21. The highest BCUT2D eigenvalue weighted by atomic mass is 35.5. The molecule has 6 nitrogen and oxygen atoms in total. The van der Waals surface area contributed by atoms with E-state index in [1.54, 1.807) is 0 Å². The molecular formula is C19H26ClN5O. The molecule has 1 aliphatic heterocycles. The zero-order chi connectivity index (χ0) is 18.5. The summed E-state index contributed by atoms with van der Waals surface area (Å²) in [5.74, 6) is 0.508. The molecule has 2 heterocycles. The van der Waals surface area contributed by atoms with E-state index in [1.165, 1.54) is 0 Å². The van der Waals surface area contributed by atoms with E-state index in [0.717, 1.165) is 29.1 Å². The second kappa shape index (κ2) is 8.66. The van der Waals surface area contributed by atoms with Crippen LogP contribution in [0.4, 0.5) is 0 Å². The largest absolute Gasteiger partial charge is 0.356 e. The molecular weight excluding hydrogens is 350 g/mol. The number of hydrogen-bond acceptors (Lipinski definition) is 4. The molecule has 2 unspecified atom stereocenters. The van der Waals surface area contributed by atoms with E-state index in [9.17, 15) is 4.79 Å². The van der Waals surface area contributed by atoms with Gasteiger partial charge in [0.2, 0.25) is 5.91 Å². The van der Waals surface area contributed by atoms with Crippen molar-refractivity contribution in [3.8, 4) is 11.1 Å². The number of hydrogen-bond donors (Lipinski definition) is 3. The topological polar surface area (TPSA) is 71.0 Å². The first kappa shape index (κ1) is 18.9. The molecule has 1 saturated heterocycles. The normalized spacial score (nSPS) is 22.5. The summed E-state index contributed by atoms with van der Waals surface area (Å²) in [4.78, 5) is 12.1. The molecule has 0 radical (unpaired) electrons. The lowest BCUT2D eigenvalue weighted by Crippen LogP contribution is -2.37. The number of aryl methyl sites for hydroxylation is 1. The molecule has 0 bridgehead atoms. The molecule has 0 saturated carbocycles. The first-order valence-corrected chi connectivity index (χ1v) is 9.47. The Labute approximate surface area is 159 Å². The van der Waals surface area contributed by atoms with Crippen molar-refractivity contribution in [2.24, 2.45) is 5.92 Å². The molecule has 7 heteroatoms. The standard InChI is InChI=1S/C19H26ClN5O/c1-13-18(14(2)24-23-13)11-21-19(26)4-3-9-25-12-16(10-22-25)15-5-7-17(20)8-6-15/h5-8,10,12-14,18,23-24H,3-4,9,11H2,1-2H3,(H,21,26). The minimum Gasteiger partial charge on any atom is -0.356 e. The Morgan fingerprint density at radius 3 is 2.58 bits per heavy atom. The van der Waals surface area contributed by atoms with Gasteiger partial charge in [-0.15, -0.1) is 0 Å². The number of nitrogens with one attached hydrogen (secondary N) is 3. The van der Waals surface area contributed by atoms with Crippen LogP contribution in [0.15, 0.2) is 36.7 Å². The summed E-state index contributed by atoms with van der Waals surface area (Å²) in [5.41, 5.74) is 8.55. The van der Waals surface area contributed by atoms with Crippen molar-refractivity contribution in [2.75, 3.05) is 6.54 Å². The van der Waals surface area contributed by atoms with Crippen LogP contribution >= 0.6 is 11.6 Å². The quantitative estimate of drug-likeness (QED) is 0.695. The zero-order valence-electron chi connectivity index (χ0n) is 15.2. The molecule has 2 aromatic rings. The fraction of sp³-hybridized carbons (Fsp3) is 0.474. The maximum Gasteiger partial charge on any atom is 0.220 e. The predicted octanol–water partition coefficient (Wildman–Crippen LogP) is 2.60. The van der Waals surface area contributed by atoms with Crippen LogP contribution in [0.3, 0.4) is 0 Å². The minimum atomic E-state index is 0.0985. The van der Waals surface area contributed by atoms with Gasteiger partial charge in [0.15, 0.2) is 0 Å². The van der Waals surface area contributed by atoms with E-state index in [4.69, 9.17) is 11.6 Å². The Morgan fingerprint density at radius 1 is 1.19 bits per heavy atom. The van der Waals surface area contributed by atoms with Crippen LogP contribution in [-0.4, -0.2) is 34.3 Å². The van der Waals surface area contributed by atoms with Crippen molar-refractivity contribution in [3.05, 3.63) is 41.7 Å². The van der Waals surface area contributed by atoms with Gasteiger partial charge in [0.1, 0.15) is 0 Å². The third-order valence-electron chi connectivity index (χ3n) is 4.96. The smallest absolute Gasteiger partial charge is 0.220 e. The molecule has 0 aliphatic carbocycles. The highest BCUT2D eigenvalue weighted by Gasteiger charge is 2.29. The van der Waals surface area contributed by atoms with Gasteiger partial charge in [-0.25, -0.2) is 0 Å². The molecule has 1 aromatic carbocycles. The second-order valence-corrected chi connectivity index (χ2v) is 7.37. The predicted molar refractivity (Wildman–Crippen MR) is 104 cm³/mol. The number of aromatic nitrogens is 2. The van der Waals surface area contributed by atoms with E-state index >= 15 is 0 Å². The highest BCUT2D eigenvalue weighted by Crippen LogP contribution is 2.21. The highest BCUT2D eigenvalue weighted by molar-refractivity contribution is 6.30. The Kier molecular flexibility index (Phi) is 6.29. The van der Waals surface area contributed by atoms with Crippen LogP contribution < -0.4 is 16.2 Å². The number of benzene rings is 1. The minimum absolute atomic E-state index is 0.0985. The average molecular weight is 376 g/mol. The maximum absolute atomic E-state index is 12.1. The fourth-order valence-electron chi connectivity index (χ4n) is 3.26. The lowest BCUT2D eigenvalue weighted by Gasteiger charge is -2.18. The van der Waals surface area contributed by atoms with Crippen molar-refractivity contribution in [3.63, 3.8) is 0 Å². The van der Waals surface area contributed by atoms with Crippen molar-refractivity contribution in [1.82, 2.24) is 25.9 Å². The fourth-order valence-corrected chi connectivity index (χ4v) is 3.39. The van der Waals surface area contributed by atoms with Gasteiger partial charge in [-0.2, -0.15) is 5.10 Å². The van der Waals surface area contributed by atoms with E-state index in [0.29, 0.717) is 31.0 Å². The van der Waals surface area contributed by atoms with Crippen molar-refractivity contribution in [1.29, 1.82) is 0 Å². The Balaban J connectivity index is 1.41. The number of hydrazine groups is 1. The van der Waals surface area contributed by atoms with Crippen LogP contribution in [0, 0.1) is 5.92 Å². The molecule has 1 aliphatic rings. The number of carbonyl (C=O) groups is 1. The van der Waals surface area contributed by atoms with Gasteiger partial charge in [0.25, 0.3) is 0 Å². The summed E-state index contributed by atoms with van der Waals surface area (Å²) in [5, 5.41) is 8.15. The van der Waals surface area contributed by atoms with Gasteiger partial charge in [-0.3, -0.25) is 20.3 Å². The zero-order valence-corrected chi connectivity index (χ0v) is 16.0. The number of rotatable bonds is 7. The second-order valence-electron chi connectivity index (χ2n) is 6.94. The van der Waals surface area contributed by atoms with E-state index in [1.807, 2.05) is 41.3 Å². The Bertz CT molecular complexity index is 720. The molecule has 26 heavy (non-hydrogen) atoms. The number of nitrogens with zero attached hydrogens (tertiary/aromatic N) is 2. The summed E-state index contributed by atoms with van der Waals surface area (Å²) in [6, 6.07) is 8.42. The first-order chi connectivity index (χ1) is 12.5. The van der Waals surface area contributed by atoms with Gasteiger partial charge >= 0.3 is 0 Å². The maximum atomic E-state index is 12.1. The van der Waals surface area contributed by atoms with E-state index < -0.39 is 0 Å². The third-order valence-corrected chi connectivity index (χ3v) is 5.21. The molecule has 140 valence electrons. The summed E-state index contributed by atoms with van der Waals surface area (Å²) in [7, 11) is 0. The van der Waals surface area contributed by atoms with Gasteiger partial charge in [-0.1, -0.05) is 23.7 Å². The van der Waals surface area contributed by atoms with Crippen LogP contribution in [0.1, 0.15) is 26.7 Å². The first-order valence-electron chi connectivity index (χ1n) is 9.09. The molecule has 1 fully saturated rings. The summed E-state index contributed by atoms with van der Waals surface area (Å²) in [6.07, 6.45) is 5.11. The van der Waals surface area contributed by atoms with Crippen molar-refractivity contribution < 1.29 is 4.79 Å². The van der Waals surface area contributed by atoms with Crippen LogP contribution in [-0.2, 0) is 11.3 Å². The summed E-state index contributed by atoms with van der Waals surface area (Å²) < 4.78 is 1.88. The molecule has 1 aromatic heterocycles. The summed E-state index contributed by atoms with van der Waals surface area (Å²) in [6.45, 7) is 5.68. The number of amides is 1. The van der Waals surface area contributed by atoms with Gasteiger partial charge in [0, 0.05) is 54.3 Å². The summed E-state index contributed by atoms with van der Waals surface area (Å²) >= 11 is 5.92. The van der Waals surface area contributed by atoms with Crippen LogP contribution in [0.5, 0.6) is 0 Å².